The summed E-state index contributed by atoms with van der Waals surface area (Å²) >= 11 is 0. The van der Waals surface area contributed by atoms with E-state index in [0.717, 1.165) is 53.5 Å². The van der Waals surface area contributed by atoms with Gasteiger partial charge in [0.05, 0.1) is 5.52 Å². The zero-order valence-corrected chi connectivity index (χ0v) is 18.0. The molecule has 3 aromatic rings. The maximum Gasteiger partial charge on any atom is 0.225 e. The molecule has 1 aromatic heterocycles. The Morgan fingerprint density at radius 3 is 2.47 bits per heavy atom. The lowest BCUT2D eigenvalue weighted by atomic mass is 9.91. The predicted octanol–water partition coefficient (Wildman–Crippen LogP) is 4.66. The number of halogens is 1. The molecule has 158 valence electrons. The molecule has 0 unspecified atom stereocenters. The molecular weight excluding hydrogens is 377 g/mol. The van der Waals surface area contributed by atoms with Crippen molar-refractivity contribution in [3.8, 4) is 0 Å². The fourth-order valence-corrected chi connectivity index (χ4v) is 4.14. The number of para-hydroxylation sites is 1. The topological polar surface area (TPSA) is 53.1 Å². The lowest BCUT2D eigenvalue weighted by Gasteiger charge is -2.30. The molecule has 0 aliphatic heterocycles. The lowest BCUT2D eigenvalue weighted by Crippen LogP contribution is -2.37. The van der Waals surface area contributed by atoms with Crippen molar-refractivity contribution in [2.24, 2.45) is 0 Å². The highest BCUT2D eigenvalue weighted by atomic mass is 19.1. The molecule has 6 heteroatoms. The molecular formula is C24H30FN5. The molecule has 0 atom stereocenters. The molecule has 30 heavy (non-hydrogen) atoms. The zero-order valence-electron chi connectivity index (χ0n) is 18.0. The third-order valence-electron chi connectivity index (χ3n) is 5.86. The van der Waals surface area contributed by atoms with E-state index in [0.29, 0.717) is 24.6 Å². The van der Waals surface area contributed by atoms with Crippen molar-refractivity contribution in [2.45, 2.75) is 51.2 Å². The van der Waals surface area contributed by atoms with Crippen LogP contribution in [0.15, 0.2) is 42.5 Å². The van der Waals surface area contributed by atoms with Gasteiger partial charge in [-0.15, -0.1) is 0 Å². The molecule has 4 rings (SSSR count). The maximum atomic E-state index is 14.0. The Bertz CT molecular complexity index is 1010. The summed E-state index contributed by atoms with van der Waals surface area (Å²) in [7, 11) is 4.01. The van der Waals surface area contributed by atoms with Crippen molar-refractivity contribution in [1.82, 2.24) is 15.3 Å². The molecule has 2 aromatic carbocycles. The summed E-state index contributed by atoms with van der Waals surface area (Å²) in [6.07, 6.45) is 4.20. The molecule has 5 nitrogen and oxygen atoms in total. The highest BCUT2D eigenvalue weighted by molar-refractivity contribution is 5.90. The molecule has 1 fully saturated rings. The Morgan fingerprint density at radius 2 is 1.73 bits per heavy atom. The predicted molar refractivity (Wildman–Crippen MR) is 122 cm³/mol. The molecule has 0 spiro atoms. The molecule has 1 aliphatic carbocycles. The van der Waals surface area contributed by atoms with Crippen LogP contribution in [0, 0.1) is 12.7 Å². The van der Waals surface area contributed by atoms with Crippen LogP contribution in [0.5, 0.6) is 0 Å². The number of aromatic nitrogens is 2. The van der Waals surface area contributed by atoms with Crippen LogP contribution >= 0.6 is 0 Å². The first-order valence-electron chi connectivity index (χ1n) is 10.7. The third-order valence-corrected chi connectivity index (χ3v) is 5.86. The van der Waals surface area contributed by atoms with E-state index in [2.05, 4.69) is 16.7 Å². The van der Waals surface area contributed by atoms with Gasteiger partial charge in [0.25, 0.3) is 0 Å². The fourth-order valence-electron chi connectivity index (χ4n) is 4.14. The third kappa shape index (κ3) is 4.70. The maximum absolute atomic E-state index is 14.0. The van der Waals surface area contributed by atoms with E-state index < -0.39 is 0 Å². The number of hydrogen-bond acceptors (Lipinski definition) is 5. The summed E-state index contributed by atoms with van der Waals surface area (Å²) in [4.78, 5) is 11.5. The number of aryl methyl sites for hydroxylation is 1. The molecule has 0 saturated heterocycles. The zero-order chi connectivity index (χ0) is 21.1. The van der Waals surface area contributed by atoms with E-state index in [-0.39, 0.29) is 5.82 Å². The smallest absolute Gasteiger partial charge is 0.225 e. The fraction of sp³-hybridized carbons (Fsp3) is 0.417. The van der Waals surface area contributed by atoms with Gasteiger partial charge in [-0.25, -0.2) is 9.37 Å². The van der Waals surface area contributed by atoms with Gasteiger partial charge < -0.3 is 15.5 Å². The van der Waals surface area contributed by atoms with Crippen molar-refractivity contribution in [3.05, 3.63) is 59.4 Å². The number of fused-ring (bicyclic) bond motifs is 1. The molecule has 0 amide bonds. The molecule has 1 heterocycles. The summed E-state index contributed by atoms with van der Waals surface area (Å²) in [6.45, 7) is 2.49. The number of benzene rings is 2. The van der Waals surface area contributed by atoms with Crippen LogP contribution < -0.4 is 15.5 Å². The van der Waals surface area contributed by atoms with Crippen molar-refractivity contribution in [2.75, 3.05) is 24.3 Å². The summed E-state index contributed by atoms with van der Waals surface area (Å²) < 4.78 is 14.0. The monoisotopic (exact) mass is 407 g/mol. The minimum Gasteiger partial charge on any atom is -0.362 e. The van der Waals surface area contributed by atoms with E-state index in [4.69, 9.17) is 9.97 Å². The Labute approximate surface area is 177 Å². The highest BCUT2D eigenvalue weighted by Crippen LogP contribution is 2.26. The van der Waals surface area contributed by atoms with Crippen LogP contribution in [0.4, 0.5) is 16.2 Å². The Morgan fingerprint density at radius 1 is 1.00 bits per heavy atom. The Balaban J connectivity index is 1.34. The van der Waals surface area contributed by atoms with Crippen LogP contribution in [0.1, 0.15) is 36.8 Å². The second-order valence-corrected chi connectivity index (χ2v) is 8.45. The van der Waals surface area contributed by atoms with E-state index in [9.17, 15) is 4.39 Å². The average Bonchev–Trinajstić information content (AvgIpc) is 2.73. The summed E-state index contributed by atoms with van der Waals surface area (Å²) in [6, 6.07) is 14.3. The van der Waals surface area contributed by atoms with Crippen LogP contribution in [0.25, 0.3) is 10.9 Å². The number of nitrogens with zero attached hydrogens (tertiary/aromatic N) is 3. The quantitative estimate of drug-likeness (QED) is 0.623. The van der Waals surface area contributed by atoms with Gasteiger partial charge in [0, 0.05) is 43.7 Å². The van der Waals surface area contributed by atoms with Crippen molar-refractivity contribution >= 4 is 22.7 Å². The Kier molecular flexibility index (Phi) is 6.13. The largest absolute Gasteiger partial charge is 0.362 e. The normalized spacial score (nSPS) is 19.1. The van der Waals surface area contributed by atoms with Crippen LogP contribution in [-0.2, 0) is 6.54 Å². The SMILES string of the molecule is Cc1ccc(CNC2CCC(Nc3nc(N(C)C)c4ccccc4n3)CC2)c(F)c1. The summed E-state index contributed by atoms with van der Waals surface area (Å²) in [5, 5.41) is 8.13. The van der Waals surface area contributed by atoms with Crippen LogP contribution in [0.3, 0.4) is 0 Å². The van der Waals surface area contributed by atoms with Crippen LogP contribution in [0.2, 0.25) is 0 Å². The van der Waals surface area contributed by atoms with Crippen molar-refractivity contribution < 1.29 is 4.39 Å². The van der Waals surface area contributed by atoms with E-state index in [1.807, 2.05) is 56.3 Å². The van der Waals surface area contributed by atoms with Gasteiger partial charge in [-0.05, 0) is 56.4 Å². The minimum absolute atomic E-state index is 0.122. The Hall–Kier alpha value is -2.73. The van der Waals surface area contributed by atoms with Gasteiger partial charge in [0.1, 0.15) is 11.6 Å². The average molecular weight is 408 g/mol. The first-order valence-corrected chi connectivity index (χ1v) is 10.7. The number of anilines is 2. The summed E-state index contributed by atoms with van der Waals surface area (Å²) in [5.41, 5.74) is 2.65. The van der Waals surface area contributed by atoms with Gasteiger partial charge in [0.2, 0.25) is 5.95 Å². The van der Waals surface area contributed by atoms with Gasteiger partial charge in [-0.2, -0.15) is 4.98 Å². The summed E-state index contributed by atoms with van der Waals surface area (Å²) in [5.74, 6) is 1.50. The first kappa shape index (κ1) is 20.5. The number of hydrogen-bond donors (Lipinski definition) is 2. The van der Waals surface area contributed by atoms with Gasteiger partial charge in [-0.1, -0.05) is 24.3 Å². The molecule has 1 aliphatic rings. The van der Waals surface area contributed by atoms with Gasteiger partial charge in [0.15, 0.2) is 0 Å². The molecule has 2 N–H and O–H groups in total. The van der Waals surface area contributed by atoms with Gasteiger partial charge in [-0.3, -0.25) is 0 Å². The standard InChI is InChI=1S/C24H30FN5/c1-16-8-9-17(21(25)14-16)15-26-18-10-12-19(13-11-18)27-24-28-22-7-5-4-6-20(22)23(29-24)30(2)3/h4-9,14,18-19,26H,10-13,15H2,1-3H3,(H,27,28,29). The highest BCUT2D eigenvalue weighted by Gasteiger charge is 2.22. The first-order chi connectivity index (χ1) is 14.5. The number of nitrogens with one attached hydrogen (secondary N) is 2. The van der Waals surface area contributed by atoms with Crippen molar-refractivity contribution in [3.63, 3.8) is 0 Å². The van der Waals surface area contributed by atoms with E-state index in [1.54, 1.807) is 6.07 Å². The second-order valence-electron chi connectivity index (χ2n) is 8.45. The molecule has 0 bridgehead atoms. The minimum atomic E-state index is -0.122. The van der Waals surface area contributed by atoms with E-state index in [1.165, 1.54) is 0 Å². The second kappa shape index (κ2) is 8.96. The lowest BCUT2D eigenvalue weighted by molar-refractivity contribution is 0.350. The number of rotatable bonds is 6. The van der Waals surface area contributed by atoms with Crippen molar-refractivity contribution in [1.29, 1.82) is 0 Å². The van der Waals surface area contributed by atoms with Crippen LogP contribution in [-0.4, -0.2) is 36.1 Å². The van der Waals surface area contributed by atoms with E-state index >= 15 is 0 Å². The molecule has 0 radical (unpaired) electrons. The molecule has 1 saturated carbocycles. The van der Waals surface area contributed by atoms with Gasteiger partial charge >= 0.3 is 0 Å².